The molecule has 0 saturated carbocycles. The number of carbonyl (C=O) groups excluding carboxylic acids is 3. The van der Waals surface area contributed by atoms with Gasteiger partial charge >= 0.3 is 0 Å². The lowest BCUT2D eigenvalue weighted by molar-refractivity contribution is -0.146. The van der Waals surface area contributed by atoms with Crippen molar-refractivity contribution in [3.63, 3.8) is 0 Å². The van der Waals surface area contributed by atoms with Crippen LogP contribution in [0.15, 0.2) is 73.8 Å². The second kappa shape index (κ2) is 12.7. The number of anilines is 1. The Morgan fingerprint density at radius 3 is 2.43 bits per heavy atom. The van der Waals surface area contributed by atoms with E-state index in [0.717, 1.165) is 11.1 Å². The SMILES string of the molecule is C=CCN(Cc1ccccc1)C(=O)[C@@H]1[C@H]2C(=O)N([C@@H](CC)CO)C(C(=O)N(CC=C)c3c(C)cccc3Cl)C23CC[C@@]1(C)S3. The number of para-hydroxylation sites is 1. The molecule has 3 heterocycles. The van der Waals surface area contributed by atoms with Gasteiger partial charge in [-0.2, -0.15) is 0 Å². The van der Waals surface area contributed by atoms with Crippen LogP contribution >= 0.6 is 23.4 Å². The van der Waals surface area contributed by atoms with Crippen LogP contribution in [0.4, 0.5) is 5.69 Å². The molecule has 2 unspecified atom stereocenters. The van der Waals surface area contributed by atoms with E-state index in [1.165, 1.54) is 0 Å². The Morgan fingerprint density at radius 2 is 1.82 bits per heavy atom. The lowest BCUT2D eigenvalue weighted by Gasteiger charge is -2.40. The molecule has 1 spiro atoms. The fourth-order valence-electron chi connectivity index (χ4n) is 7.75. The van der Waals surface area contributed by atoms with Crippen LogP contribution in [-0.2, 0) is 20.9 Å². The van der Waals surface area contributed by atoms with E-state index in [-0.39, 0.29) is 30.9 Å². The highest BCUT2D eigenvalue weighted by atomic mass is 35.5. The van der Waals surface area contributed by atoms with Crippen molar-refractivity contribution < 1.29 is 19.5 Å². The number of nitrogens with zero attached hydrogens (tertiary/aromatic N) is 3. The second-order valence-electron chi connectivity index (χ2n) is 12.4. The van der Waals surface area contributed by atoms with E-state index in [9.17, 15) is 19.5 Å². The maximum Gasteiger partial charge on any atom is 0.251 e. The molecule has 5 rings (SSSR count). The molecule has 3 amide bonds. The molecule has 7 nitrogen and oxygen atoms in total. The third kappa shape index (κ3) is 5.19. The van der Waals surface area contributed by atoms with Crippen LogP contribution in [0.25, 0.3) is 0 Å². The maximum atomic E-state index is 14.9. The van der Waals surface area contributed by atoms with E-state index in [1.807, 2.05) is 56.3 Å². The lowest BCUT2D eigenvalue weighted by Crippen LogP contribution is -2.57. The third-order valence-electron chi connectivity index (χ3n) is 9.70. The maximum absolute atomic E-state index is 14.9. The number of carbonyl (C=O) groups is 3. The van der Waals surface area contributed by atoms with Gasteiger partial charge in [-0.25, -0.2) is 0 Å². The van der Waals surface area contributed by atoms with Gasteiger partial charge in [0.2, 0.25) is 11.8 Å². The standard InChI is InChI=1S/C35H42ClN3O4S/c1-6-19-37(21-24-14-10-9-11-15-24)31(41)27-28-32(42)39(25(8-3)22-40)30(35(28)18-17-34(27,5)44-35)33(43)38(20-7-2)29-23(4)13-12-16-26(29)36/h6-7,9-16,25,27-28,30,40H,1-2,8,17-22H2,3-5H3/t25-,27-,28-,30?,34+,35?/m0/s1. The van der Waals surface area contributed by atoms with Gasteiger partial charge in [-0.3, -0.25) is 14.4 Å². The molecule has 9 heteroatoms. The number of thioether (sulfide) groups is 1. The first-order valence-electron chi connectivity index (χ1n) is 15.3. The molecule has 3 fully saturated rings. The highest BCUT2D eigenvalue weighted by molar-refractivity contribution is 8.02. The third-order valence-corrected chi connectivity index (χ3v) is 12.0. The molecule has 44 heavy (non-hydrogen) atoms. The Kier molecular flexibility index (Phi) is 9.36. The minimum absolute atomic E-state index is 0.0985. The molecule has 2 aromatic carbocycles. The van der Waals surface area contributed by atoms with Crippen LogP contribution in [0, 0.1) is 18.8 Å². The van der Waals surface area contributed by atoms with Crippen molar-refractivity contribution in [1.29, 1.82) is 0 Å². The summed E-state index contributed by atoms with van der Waals surface area (Å²) < 4.78 is -1.35. The molecule has 6 atom stereocenters. The van der Waals surface area contributed by atoms with Crippen molar-refractivity contribution in [1.82, 2.24) is 9.80 Å². The van der Waals surface area contributed by atoms with E-state index >= 15 is 0 Å². The summed E-state index contributed by atoms with van der Waals surface area (Å²) >= 11 is 8.31. The summed E-state index contributed by atoms with van der Waals surface area (Å²) in [4.78, 5) is 49.2. The smallest absolute Gasteiger partial charge is 0.251 e. The molecule has 2 aromatic rings. The molecular formula is C35H42ClN3O4S. The van der Waals surface area contributed by atoms with Crippen molar-refractivity contribution in [2.75, 3.05) is 24.6 Å². The Hall–Kier alpha value is -3.07. The van der Waals surface area contributed by atoms with Crippen molar-refractivity contribution in [2.24, 2.45) is 11.8 Å². The van der Waals surface area contributed by atoms with Crippen LogP contribution < -0.4 is 4.90 Å². The molecule has 3 aliphatic rings. The van der Waals surface area contributed by atoms with Gasteiger partial charge in [-0.15, -0.1) is 24.9 Å². The topological polar surface area (TPSA) is 81.2 Å². The first kappa shape index (κ1) is 32.3. The monoisotopic (exact) mass is 635 g/mol. The van der Waals surface area contributed by atoms with E-state index in [0.29, 0.717) is 43.1 Å². The predicted molar refractivity (Wildman–Crippen MR) is 178 cm³/mol. The van der Waals surface area contributed by atoms with E-state index in [4.69, 9.17) is 11.6 Å². The summed E-state index contributed by atoms with van der Waals surface area (Å²) in [5.74, 6) is -1.91. The molecular weight excluding hydrogens is 594 g/mol. The second-order valence-corrected chi connectivity index (χ2v) is 14.7. The van der Waals surface area contributed by atoms with Gasteiger partial charge in [0.05, 0.1) is 39.9 Å². The number of likely N-dealkylation sites (tertiary alicyclic amines) is 1. The number of aryl methyl sites for hydroxylation is 1. The van der Waals surface area contributed by atoms with Crippen molar-refractivity contribution in [3.05, 3.63) is 90.0 Å². The van der Waals surface area contributed by atoms with Gasteiger partial charge in [-0.1, -0.05) is 73.1 Å². The number of rotatable bonds is 12. The van der Waals surface area contributed by atoms with Crippen molar-refractivity contribution in [2.45, 2.75) is 68.2 Å². The zero-order chi connectivity index (χ0) is 31.8. The first-order chi connectivity index (χ1) is 21.1. The van der Waals surface area contributed by atoms with Gasteiger partial charge < -0.3 is 19.8 Å². The Bertz CT molecular complexity index is 1430. The van der Waals surface area contributed by atoms with Gasteiger partial charge in [0.15, 0.2) is 0 Å². The number of amides is 3. The summed E-state index contributed by atoms with van der Waals surface area (Å²) in [7, 11) is 0. The molecule has 3 aliphatic heterocycles. The van der Waals surface area contributed by atoms with E-state index in [2.05, 4.69) is 20.1 Å². The van der Waals surface area contributed by atoms with Crippen molar-refractivity contribution in [3.8, 4) is 0 Å². The first-order valence-corrected chi connectivity index (χ1v) is 16.5. The number of hydrogen-bond acceptors (Lipinski definition) is 5. The van der Waals surface area contributed by atoms with Crippen LogP contribution in [0.2, 0.25) is 5.02 Å². The highest BCUT2D eigenvalue weighted by Gasteiger charge is 2.78. The lowest BCUT2D eigenvalue weighted by atomic mass is 9.66. The zero-order valence-corrected chi connectivity index (χ0v) is 27.3. The number of aliphatic hydroxyl groups is 1. The van der Waals surface area contributed by atoms with Gasteiger partial charge in [0.1, 0.15) is 6.04 Å². The quantitative estimate of drug-likeness (QED) is 0.306. The summed E-state index contributed by atoms with van der Waals surface area (Å²) in [6.07, 6.45) is 5.16. The fourth-order valence-corrected chi connectivity index (χ4v) is 10.4. The van der Waals surface area contributed by atoms with E-state index < -0.39 is 33.4 Å². The molecule has 234 valence electrons. The number of benzene rings is 2. The van der Waals surface area contributed by atoms with E-state index in [1.54, 1.807) is 44.7 Å². The van der Waals surface area contributed by atoms with Crippen LogP contribution in [-0.4, -0.2) is 73.9 Å². The van der Waals surface area contributed by atoms with Crippen LogP contribution in [0.3, 0.4) is 0 Å². The molecule has 1 N–H and O–H groups in total. The molecule has 2 bridgehead atoms. The average Bonchev–Trinajstić information content (AvgIpc) is 3.58. The van der Waals surface area contributed by atoms with Gasteiger partial charge in [0, 0.05) is 24.4 Å². The summed E-state index contributed by atoms with van der Waals surface area (Å²) in [5, 5.41) is 10.9. The minimum atomic E-state index is -0.876. The number of halogens is 1. The number of fused-ring (bicyclic) bond motifs is 1. The minimum Gasteiger partial charge on any atom is -0.394 e. The Labute approximate surface area is 269 Å². The van der Waals surface area contributed by atoms with Gasteiger partial charge in [0.25, 0.3) is 5.91 Å². The summed E-state index contributed by atoms with van der Waals surface area (Å²) in [6, 6.07) is 13.8. The van der Waals surface area contributed by atoms with Crippen molar-refractivity contribution >= 4 is 46.8 Å². The summed E-state index contributed by atoms with van der Waals surface area (Å²) in [5.41, 5.74) is 2.41. The highest BCUT2D eigenvalue weighted by Crippen LogP contribution is 2.72. The predicted octanol–water partition coefficient (Wildman–Crippen LogP) is 5.63. The Morgan fingerprint density at radius 1 is 1.11 bits per heavy atom. The zero-order valence-electron chi connectivity index (χ0n) is 25.7. The van der Waals surface area contributed by atoms with Crippen LogP contribution in [0.5, 0.6) is 0 Å². The fraction of sp³-hybridized carbons (Fsp3) is 0.457. The Balaban J connectivity index is 1.61. The largest absolute Gasteiger partial charge is 0.394 e. The molecule has 0 aliphatic carbocycles. The number of hydrogen-bond donors (Lipinski definition) is 1. The summed E-state index contributed by atoms with van der Waals surface area (Å²) in [6.45, 7) is 14.3. The van der Waals surface area contributed by atoms with Gasteiger partial charge in [-0.05, 0) is 50.3 Å². The average molecular weight is 636 g/mol. The molecule has 0 radical (unpaired) electrons. The molecule has 3 saturated heterocycles. The molecule has 0 aromatic heterocycles. The normalized spacial score (nSPS) is 27.6. The van der Waals surface area contributed by atoms with Crippen LogP contribution in [0.1, 0.15) is 44.2 Å². The number of aliphatic hydroxyl groups excluding tert-OH is 1.